The molecule has 7 rings (SSSR count). The molecule has 2 unspecified atom stereocenters. The van der Waals surface area contributed by atoms with Gasteiger partial charge in [-0.05, 0) is 60.6 Å². The molecule has 9 nitrogen and oxygen atoms in total. The van der Waals surface area contributed by atoms with E-state index in [2.05, 4.69) is 21.1 Å². The van der Waals surface area contributed by atoms with E-state index in [-0.39, 0.29) is 23.8 Å². The number of anilines is 1. The average Bonchev–Trinajstić information content (AvgIpc) is 3.88. The standard InChI is InChI=1S/C35H33N7O2/c1-2-28(23-11-13-27(14-12-23)41-20-25-9-5-6-10-29(25)35(41)44)34(43)40-18-16-30-32(37-22-38-33(30)40)26-19-39-42(21-26)31(15-17-36)24-7-3-4-8-24/h5-6,9-14,16,18-19,21-22,24,28,31H,2-4,7-8,15,20H2,1H3. The molecule has 220 valence electrons. The smallest absolute Gasteiger partial charge is 0.258 e. The molecule has 2 atom stereocenters. The fourth-order valence-electron chi connectivity index (χ4n) is 6.98. The average molecular weight is 584 g/mol. The number of carbonyl (C=O) groups excluding carboxylic acids is 2. The molecule has 3 aromatic heterocycles. The topological polar surface area (TPSA) is 110 Å². The first-order valence-corrected chi connectivity index (χ1v) is 15.3. The summed E-state index contributed by atoms with van der Waals surface area (Å²) in [7, 11) is 0. The minimum Gasteiger partial charge on any atom is -0.304 e. The van der Waals surface area contributed by atoms with Gasteiger partial charge in [-0.1, -0.05) is 50.1 Å². The van der Waals surface area contributed by atoms with Gasteiger partial charge in [0.2, 0.25) is 5.91 Å². The molecule has 4 heterocycles. The molecule has 1 fully saturated rings. The largest absolute Gasteiger partial charge is 0.304 e. The third-order valence-corrected chi connectivity index (χ3v) is 9.31. The van der Waals surface area contributed by atoms with Gasteiger partial charge < -0.3 is 4.90 Å². The van der Waals surface area contributed by atoms with E-state index in [1.54, 1.807) is 21.9 Å². The second-order valence-corrected chi connectivity index (χ2v) is 11.8. The van der Waals surface area contributed by atoms with Gasteiger partial charge >= 0.3 is 0 Å². The molecule has 1 saturated carbocycles. The molecule has 1 aliphatic heterocycles. The van der Waals surface area contributed by atoms with Crippen LogP contribution in [0, 0.1) is 17.2 Å². The molecule has 0 spiro atoms. The van der Waals surface area contributed by atoms with E-state index in [0.29, 0.717) is 36.6 Å². The van der Waals surface area contributed by atoms with E-state index >= 15 is 0 Å². The molecule has 0 radical (unpaired) electrons. The van der Waals surface area contributed by atoms with Gasteiger partial charge in [-0.25, -0.2) is 9.97 Å². The van der Waals surface area contributed by atoms with Crippen LogP contribution in [0.4, 0.5) is 5.69 Å². The lowest BCUT2D eigenvalue weighted by Crippen LogP contribution is -2.23. The van der Waals surface area contributed by atoms with E-state index in [9.17, 15) is 14.9 Å². The maximum Gasteiger partial charge on any atom is 0.258 e. The highest BCUT2D eigenvalue weighted by molar-refractivity contribution is 6.10. The Hall–Kier alpha value is -5.10. The Bertz CT molecular complexity index is 1890. The van der Waals surface area contributed by atoms with Crippen LogP contribution in [-0.4, -0.2) is 36.1 Å². The summed E-state index contributed by atoms with van der Waals surface area (Å²) < 4.78 is 3.54. The van der Waals surface area contributed by atoms with Crippen LogP contribution in [-0.2, 0) is 6.54 Å². The summed E-state index contributed by atoms with van der Waals surface area (Å²) in [4.78, 5) is 37.7. The number of benzene rings is 2. The number of nitriles is 1. The fraction of sp³-hybridized carbons (Fsp3) is 0.314. The van der Waals surface area contributed by atoms with Gasteiger partial charge in [0.1, 0.15) is 6.33 Å². The number of carbonyl (C=O) groups is 2. The van der Waals surface area contributed by atoms with Crippen molar-refractivity contribution in [3.63, 3.8) is 0 Å². The van der Waals surface area contributed by atoms with E-state index in [1.165, 1.54) is 19.2 Å². The highest BCUT2D eigenvalue weighted by Gasteiger charge is 2.30. The van der Waals surface area contributed by atoms with Gasteiger partial charge in [0, 0.05) is 34.6 Å². The van der Waals surface area contributed by atoms with E-state index in [1.807, 2.05) is 72.4 Å². The first-order chi connectivity index (χ1) is 21.6. The number of hydrogen-bond acceptors (Lipinski definition) is 6. The van der Waals surface area contributed by atoms with Crippen molar-refractivity contribution in [3.8, 4) is 17.3 Å². The summed E-state index contributed by atoms with van der Waals surface area (Å²) in [6.07, 6.45) is 12.7. The maximum atomic E-state index is 13.9. The van der Waals surface area contributed by atoms with Crippen molar-refractivity contribution >= 4 is 28.5 Å². The highest BCUT2D eigenvalue weighted by atomic mass is 16.2. The Labute approximate surface area is 255 Å². The van der Waals surface area contributed by atoms with E-state index < -0.39 is 0 Å². The lowest BCUT2D eigenvalue weighted by molar-refractivity contribution is 0.0879. The summed E-state index contributed by atoms with van der Waals surface area (Å²) >= 11 is 0. The lowest BCUT2D eigenvalue weighted by Gasteiger charge is -2.21. The van der Waals surface area contributed by atoms with Gasteiger partial charge in [0.15, 0.2) is 5.65 Å². The predicted molar refractivity (Wildman–Crippen MR) is 167 cm³/mol. The van der Waals surface area contributed by atoms with E-state index in [4.69, 9.17) is 0 Å². The summed E-state index contributed by atoms with van der Waals surface area (Å²) in [6.45, 7) is 2.54. The van der Waals surface area contributed by atoms with Gasteiger partial charge in [-0.3, -0.25) is 18.8 Å². The van der Waals surface area contributed by atoms with Crippen molar-refractivity contribution in [1.82, 2.24) is 24.3 Å². The van der Waals surface area contributed by atoms with Crippen LogP contribution in [0.25, 0.3) is 22.3 Å². The van der Waals surface area contributed by atoms with Crippen LogP contribution in [0.5, 0.6) is 0 Å². The van der Waals surface area contributed by atoms with Crippen LogP contribution in [0.3, 0.4) is 0 Å². The Morgan fingerprint density at radius 1 is 1.07 bits per heavy atom. The lowest BCUT2D eigenvalue weighted by atomic mass is 9.95. The van der Waals surface area contributed by atoms with Crippen LogP contribution in [0.15, 0.2) is 79.5 Å². The van der Waals surface area contributed by atoms with Crippen molar-refractivity contribution in [1.29, 1.82) is 5.26 Å². The second-order valence-electron chi connectivity index (χ2n) is 11.8. The van der Waals surface area contributed by atoms with Crippen molar-refractivity contribution < 1.29 is 9.59 Å². The van der Waals surface area contributed by atoms with Crippen LogP contribution in [0.1, 0.15) is 83.7 Å². The SMILES string of the molecule is CCC(C(=O)n1ccc2c(-c3cnn(C(CC#N)C4CCCC4)c3)ncnc21)c1ccc(N2Cc3ccccc3C2=O)cc1. The molecule has 2 aromatic carbocycles. The highest BCUT2D eigenvalue weighted by Crippen LogP contribution is 2.37. The minimum absolute atomic E-state index is 0.00423. The predicted octanol–water partition coefficient (Wildman–Crippen LogP) is 6.93. The molecule has 2 aliphatic rings. The number of nitrogens with zero attached hydrogens (tertiary/aromatic N) is 7. The zero-order valence-corrected chi connectivity index (χ0v) is 24.6. The molecule has 0 saturated heterocycles. The third kappa shape index (κ3) is 4.77. The van der Waals surface area contributed by atoms with E-state index in [0.717, 1.165) is 46.2 Å². The van der Waals surface area contributed by atoms with Crippen molar-refractivity contribution in [2.75, 3.05) is 4.90 Å². The molecule has 9 heteroatoms. The number of aromatic nitrogens is 5. The summed E-state index contributed by atoms with van der Waals surface area (Å²) in [5.41, 5.74) is 5.56. The first kappa shape index (κ1) is 27.7. The van der Waals surface area contributed by atoms with Gasteiger partial charge in [0.05, 0.1) is 42.9 Å². The number of rotatable bonds is 8. The van der Waals surface area contributed by atoms with Crippen LogP contribution >= 0.6 is 0 Å². The molecule has 0 N–H and O–H groups in total. The molecule has 44 heavy (non-hydrogen) atoms. The maximum absolute atomic E-state index is 13.9. The molecule has 1 aliphatic carbocycles. The Morgan fingerprint density at radius 2 is 1.86 bits per heavy atom. The molecule has 5 aromatic rings. The summed E-state index contributed by atoms with van der Waals surface area (Å²) in [5, 5.41) is 14.9. The summed E-state index contributed by atoms with van der Waals surface area (Å²) in [6, 6.07) is 19.7. The molecular formula is C35H33N7O2. The zero-order chi connectivity index (χ0) is 30.2. The molecule has 0 bridgehead atoms. The Balaban J connectivity index is 1.14. The first-order valence-electron chi connectivity index (χ1n) is 15.3. The van der Waals surface area contributed by atoms with Crippen molar-refractivity contribution in [2.24, 2.45) is 5.92 Å². The fourth-order valence-corrected chi connectivity index (χ4v) is 6.98. The van der Waals surface area contributed by atoms with Gasteiger partial charge in [0.25, 0.3) is 5.91 Å². The number of amides is 1. The second kappa shape index (κ2) is 11.5. The minimum atomic E-state index is -0.384. The number of hydrogen-bond donors (Lipinski definition) is 0. The Morgan fingerprint density at radius 3 is 2.61 bits per heavy atom. The molecule has 1 amide bonds. The zero-order valence-electron chi connectivity index (χ0n) is 24.6. The van der Waals surface area contributed by atoms with Gasteiger partial charge in [-0.15, -0.1) is 0 Å². The van der Waals surface area contributed by atoms with Gasteiger partial charge in [-0.2, -0.15) is 10.4 Å². The van der Waals surface area contributed by atoms with Crippen LogP contribution < -0.4 is 4.90 Å². The normalized spacial score (nSPS) is 16.3. The van der Waals surface area contributed by atoms with Crippen molar-refractivity contribution in [3.05, 3.63) is 96.2 Å². The monoisotopic (exact) mass is 583 g/mol. The quantitative estimate of drug-likeness (QED) is 0.196. The van der Waals surface area contributed by atoms with Crippen molar-refractivity contribution in [2.45, 2.75) is 64.0 Å². The summed E-state index contributed by atoms with van der Waals surface area (Å²) in [5.74, 6) is -0.00449. The number of fused-ring (bicyclic) bond motifs is 2. The third-order valence-electron chi connectivity index (χ3n) is 9.31. The Kier molecular flexibility index (Phi) is 7.26. The molecular weight excluding hydrogens is 550 g/mol. The van der Waals surface area contributed by atoms with Crippen LogP contribution in [0.2, 0.25) is 0 Å².